The molecule has 0 amide bonds. The van der Waals surface area contributed by atoms with Gasteiger partial charge < -0.3 is 23.7 Å². The van der Waals surface area contributed by atoms with Crippen LogP contribution in [0.5, 0.6) is 23.1 Å². The third-order valence-corrected chi connectivity index (χ3v) is 6.18. The van der Waals surface area contributed by atoms with Gasteiger partial charge in [0, 0.05) is 30.4 Å². The van der Waals surface area contributed by atoms with Crippen LogP contribution in [-0.4, -0.2) is 55.4 Å². The number of aromatic nitrogens is 2. The van der Waals surface area contributed by atoms with Crippen LogP contribution in [0.15, 0.2) is 36.7 Å². The second kappa shape index (κ2) is 12.9. The SMILES string of the molecule is CCCCC(=O)Cc1ccc(Oc2ncnc3cc(OCCCOC4COC4)c(OC)cc23)cc1Cl. The van der Waals surface area contributed by atoms with Gasteiger partial charge in [-0.1, -0.05) is 31.0 Å². The minimum absolute atomic E-state index is 0.180. The molecule has 8 nitrogen and oxygen atoms in total. The van der Waals surface area contributed by atoms with Crippen LogP contribution in [-0.2, 0) is 20.7 Å². The average molecular weight is 515 g/mol. The molecule has 0 radical (unpaired) electrons. The van der Waals surface area contributed by atoms with Crippen LogP contribution in [0.1, 0.15) is 38.2 Å². The second-order valence-corrected chi connectivity index (χ2v) is 9.01. The van der Waals surface area contributed by atoms with Crippen molar-refractivity contribution in [3.8, 4) is 23.1 Å². The number of ether oxygens (including phenoxy) is 5. The Balaban J connectivity index is 1.43. The molecule has 36 heavy (non-hydrogen) atoms. The van der Waals surface area contributed by atoms with Gasteiger partial charge in [0.25, 0.3) is 0 Å². The highest BCUT2D eigenvalue weighted by atomic mass is 35.5. The summed E-state index contributed by atoms with van der Waals surface area (Å²) in [7, 11) is 1.58. The van der Waals surface area contributed by atoms with Crippen LogP contribution >= 0.6 is 11.6 Å². The Hall–Kier alpha value is -2.94. The van der Waals surface area contributed by atoms with E-state index in [0.29, 0.717) is 78.3 Å². The van der Waals surface area contributed by atoms with Gasteiger partial charge in [-0.2, -0.15) is 0 Å². The van der Waals surface area contributed by atoms with E-state index in [1.807, 2.05) is 6.07 Å². The number of fused-ring (bicyclic) bond motifs is 1. The maximum atomic E-state index is 12.1. The van der Waals surface area contributed by atoms with E-state index in [1.54, 1.807) is 31.4 Å². The van der Waals surface area contributed by atoms with Gasteiger partial charge in [-0.05, 0) is 30.2 Å². The Labute approximate surface area is 215 Å². The summed E-state index contributed by atoms with van der Waals surface area (Å²) in [5.41, 5.74) is 1.44. The Kier molecular flexibility index (Phi) is 9.33. The number of halogens is 1. The van der Waals surface area contributed by atoms with E-state index >= 15 is 0 Å². The molecule has 1 fully saturated rings. The van der Waals surface area contributed by atoms with E-state index < -0.39 is 0 Å². The van der Waals surface area contributed by atoms with Crippen molar-refractivity contribution in [1.82, 2.24) is 9.97 Å². The highest BCUT2D eigenvalue weighted by molar-refractivity contribution is 6.31. The second-order valence-electron chi connectivity index (χ2n) is 8.61. The molecule has 1 aliphatic rings. The molecule has 1 aliphatic heterocycles. The van der Waals surface area contributed by atoms with Crippen molar-refractivity contribution < 1.29 is 28.5 Å². The molecule has 2 aromatic carbocycles. The molecule has 1 saturated heterocycles. The van der Waals surface area contributed by atoms with E-state index in [0.717, 1.165) is 24.8 Å². The fourth-order valence-corrected chi connectivity index (χ4v) is 3.95. The van der Waals surface area contributed by atoms with Gasteiger partial charge in [-0.15, -0.1) is 0 Å². The maximum Gasteiger partial charge on any atom is 0.230 e. The molecule has 0 N–H and O–H groups in total. The van der Waals surface area contributed by atoms with E-state index in [4.69, 9.17) is 35.3 Å². The van der Waals surface area contributed by atoms with Crippen molar-refractivity contribution in [2.45, 2.75) is 45.1 Å². The van der Waals surface area contributed by atoms with E-state index in [9.17, 15) is 4.79 Å². The minimum atomic E-state index is 0.180. The summed E-state index contributed by atoms with van der Waals surface area (Å²) in [5, 5.41) is 1.16. The largest absolute Gasteiger partial charge is 0.493 e. The van der Waals surface area contributed by atoms with Crippen molar-refractivity contribution >= 4 is 28.3 Å². The summed E-state index contributed by atoms with van der Waals surface area (Å²) in [6.07, 6.45) is 5.14. The van der Waals surface area contributed by atoms with E-state index in [-0.39, 0.29) is 11.9 Å². The number of nitrogens with zero attached hydrogens (tertiary/aromatic N) is 2. The fraction of sp³-hybridized carbons (Fsp3) is 0.444. The highest BCUT2D eigenvalue weighted by Crippen LogP contribution is 2.36. The summed E-state index contributed by atoms with van der Waals surface area (Å²) < 4.78 is 28.3. The smallest absolute Gasteiger partial charge is 0.230 e. The molecule has 0 saturated carbocycles. The van der Waals surface area contributed by atoms with Crippen LogP contribution in [0.25, 0.3) is 10.9 Å². The minimum Gasteiger partial charge on any atom is -0.493 e. The lowest BCUT2D eigenvalue weighted by Crippen LogP contribution is -2.36. The predicted octanol–water partition coefficient (Wildman–Crippen LogP) is 5.57. The summed E-state index contributed by atoms with van der Waals surface area (Å²) in [5.74, 6) is 2.20. The first-order chi connectivity index (χ1) is 17.6. The first-order valence-electron chi connectivity index (χ1n) is 12.2. The third-order valence-electron chi connectivity index (χ3n) is 5.83. The van der Waals surface area contributed by atoms with Crippen molar-refractivity contribution in [2.24, 2.45) is 0 Å². The Morgan fingerprint density at radius 2 is 1.97 bits per heavy atom. The third kappa shape index (κ3) is 6.84. The zero-order valence-corrected chi connectivity index (χ0v) is 21.4. The molecule has 0 aliphatic carbocycles. The number of benzene rings is 2. The van der Waals surface area contributed by atoms with Gasteiger partial charge >= 0.3 is 0 Å². The quantitative estimate of drug-likeness (QED) is 0.258. The number of hydrogen-bond donors (Lipinski definition) is 0. The Bertz CT molecular complexity index is 1180. The molecule has 0 unspecified atom stereocenters. The molecular formula is C27H31ClN2O6. The lowest BCUT2D eigenvalue weighted by Gasteiger charge is -2.25. The highest BCUT2D eigenvalue weighted by Gasteiger charge is 2.18. The molecule has 3 aromatic rings. The van der Waals surface area contributed by atoms with Gasteiger partial charge in [0.2, 0.25) is 5.88 Å². The van der Waals surface area contributed by atoms with Crippen molar-refractivity contribution in [3.05, 3.63) is 47.2 Å². The van der Waals surface area contributed by atoms with Gasteiger partial charge in [0.1, 0.15) is 24.0 Å². The summed E-state index contributed by atoms with van der Waals surface area (Å²) in [6.45, 7) is 4.49. The number of methoxy groups -OCH3 is 1. The average Bonchev–Trinajstić information content (AvgIpc) is 2.85. The van der Waals surface area contributed by atoms with E-state index in [2.05, 4.69) is 16.9 Å². The number of carbonyl (C=O) groups is 1. The predicted molar refractivity (Wildman–Crippen MR) is 137 cm³/mol. The van der Waals surface area contributed by atoms with Crippen LogP contribution in [0.2, 0.25) is 5.02 Å². The number of rotatable bonds is 14. The Morgan fingerprint density at radius 1 is 1.11 bits per heavy atom. The molecule has 9 heteroatoms. The van der Waals surface area contributed by atoms with Gasteiger partial charge in [0.15, 0.2) is 11.5 Å². The normalized spacial score (nSPS) is 13.4. The molecule has 0 bridgehead atoms. The monoisotopic (exact) mass is 514 g/mol. The van der Waals surface area contributed by atoms with Gasteiger partial charge in [-0.25, -0.2) is 9.97 Å². The topological polar surface area (TPSA) is 89.0 Å². The molecular weight excluding hydrogens is 484 g/mol. The van der Waals surface area contributed by atoms with Crippen molar-refractivity contribution in [1.29, 1.82) is 0 Å². The van der Waals surface area contributed by atoms with Crippen LogP contribution < -0.4 is 14.2 Å². The van der Waals surface area contributed by atoms with Crippen LogP contribution in [0.3, 0.4) is 0 Å². The van der Waals surface area contributed by atoms with Gasteiger partial charge in [0.05, 0.1) is 44.4 Å². The van der Waals surface area contributed by atoms with Crippen molar-refractivity contribution in [3.63, 3.8) is 0 Å². The fourth-order valence-electron chi connectivity index (χ4n) is 3.72. The zero-order valence-electron chi connectivity index (χ0n) is 20.6. The van der Waals surface area contributed by atoms with Crippen LogP contribution in [0, 0.1) is 0 Å². The molecule has 1 aromatic heterocycles. The number of Topliss-reactive ketones (excluding diaryl/α,β-unsaturated/α-hetero) is 1. The number of hydrogen-bond acceptors (Lipinski definition) is 8. The molecule has 4 rings (SSSR count). The standard InChI is InChI=1S/C27H31ClN2O6/c1-3-4-6-19(31)11-18-7-8-20(12-23(18)28)36-27-22-13-25(32-2)26(14-24(22)29-17-30-27)35-10-5-9-34-21-15-33-16-21/h7-8,12-14,17,21H,3-6,9-11,15-16H2,1-2H3. The lowest BCUT2D eigenvalue weighted by atomic mass is 10.0. The van der Waals surface area contributed by atoms with Crippen LogP contribution in [0.4, 0.5) is 0 Å². The number of ketones is 1. The summed E-state index contributed by atoms with van der Waals surface area (Å²) >= 11 is 6.44. The van der Waals surface area contributed by atoms with Crippen molar-refractivity contribution in [2.75, 3.05) is 33.5 Å². The van der Waals surface area contributed by atoms with Gasteiger partial charge in [-0.3, -0.25) is 4.79 Å². The lowest BCUT2D eigenvalue weighted by molar-refractivity contribution is -0.130. The number of unbranched alkanes of at least 4 members (excludes halogenated alkanes) is 1. The molecule has 2 heterocycles. The molecule has 192 valence electrons. The van der Waals surface area contributed by atoms with E-state index in [1.165, 1.54) is 6.33 Å². The molecule has 0 atom stereocenters. The molecule has 0 spiro atoms. The zero-order chi connectivity index (χ0) is 25.3. The summed E-state index contributed by atoms with van der Waals surface area (Å²) in [4.78, 5) is 20.8. The first-order valence-corrected chi connectivity index (χ1v) is 12.6. The number of carbonyl (C=O) groups excluding carboxylic acids is 1. The first kappa shape index (κ1) is 26.1. The maximum absolute atomic E-state index is 12.1. The summed E-state index contributed by atoms with van der Waals surface area (Å²) in [6, 6.07) is 8.91. The Morgan fingerprint density at radius 3 is 2.69 bits per heavy atom.